The van der Waals surface area contributed by atoms with Crippen molar-refractivity contribution in [3.8, 4) is 0 Å². The number of aliphatic imine (C=N–C) groups is 1. The van der Waals surface area contributed by atoms with Crippen LogP contribution in [0, 0.1) is 6.92 Å². The summed E-state index contributed by atoms with van der Waals surface area (Å²) < 4.78 is 5.03. The van der Waals surface area contributed by atoms with Crippen LogP contribution in [0.4, 0.5) is 5.69 Å². The van der Waals surface area contributed by atoms with Crippen molar-refractivity contribution >= 4 is 46.0 Å². The maximum atomic E-state index is 12.6. The fourth-order valence-electron chi connectivity index (χ4n) is 2.56. The van der Waals surface area contributed by atoms with Gasteiger partial charge < -0.3 is 9.73 Å². The molecule has 1 N–H and O–H groups in total. The number of benzene rings is 1. The van der Waals surface area contributed by atoms with Gasteiger partial charge in [0.15, 0.2) is 10.9 Å². The van der Waals surface area contributed by atoms with E-state index >= 15 is 0 Å². The molecule has 1 aliphatic heterocycles. The van der Waals surface area contributed by atoms with Gasteiger partial charge in [0.05, 0.1) is 12.0 Å². The van der Waals surface area contributed by atoms with E-state index in [1.807, 2.05) is 19.1 Å². The Morgan fingerprint density at radius 1 is 1.37 bits per heavy atom. The third kappa shape index (κ3) is 5.14. The summed E-state index contributed by atoms with van der Waals surface area (Å²) in [5.41, 5.74) is 1.70. The average Bonchev–Trinajstić information content (AvgIpc) is 3.20. The first kappa shape index (κ1) is 19.5. The molecule has 0 unspecified atom stereocenters. The third-order valence-electron chi connectivity index (χ3n) is 4.04. The summed E-state index contributed by atoms with van der Waals surface area (Å²) in [4.78, 5) is 30.8. The van der Waals surface area contributed by atoms with Crippen molar-refractivity contribution in [3.63, 3.8) is 0 Å². The van der Waals surface area contributed by atoms with E-state index in [2.05, 4.69) is 10.3 Å². The first-order chi connectivity index (χ1) is 13.0. The summed E-state index contributed by atoms with van der Waals surface area (Å²) in [5.74, 6) is 0.745. The molecule has 27 heavy (non-hydrogen) atoms. The van der Waals surface area contributed by atoms with E-state index in [0.717, 1.165) is 23.4 Å². The molecule has 1 aromatic heterocycles. The number of nitrogens with one attached hydrogen (secondary N) is 1. The zero-order chi connectivity index (χ0) is 19.2. The van der Waals surface area contributed by atoms with Crippen LogP contribution < -0.4 is 5.32 Å². The Kier molecular flexibility index (Phi) is 6.58. The van der Waals surface area contributed by atoms with Gasteiger partial charge in [0.2, 0.25) is 5.91 Å². The van der Waals surface area contributed by atoms with E-state index < -0.39 is 0 Å². The Hall–Kier alpha value is -2.25. The quantitative estimate of drug-likeness (QED) is 0.815. The van der Waals surface area contributed by atoms with Crippen molar-refractivity contribution in [1.82, 2.24) is 10.2 Å². The lowest BCUT2D eigenvalue weighted by molar-refractivity contribution is -0.127. The molecular formula is C19H20ClN3O3S. The molecule has 1 aromatic carbocycles. The van der Waals surface area contributed by atoms with Crippen molar-refractivity contribution in [2.24, 2.45) is 4.99 Å². The van der Waals surface area contributed by atoms with Crippen molar-refractivity contribution < 1.29 is 14.0 Å². The van der Waals surface area contributed by atoms with Crippen molar-refractivity contribution in [2.45, 2.75) is 19.8 Å². The smallest absolute Gasteiger partial charge is 0.286 e. The number of rotatable bonds is 5. The predicted octanol–water partition coefficient (Wildman–Crippen LogP) is 4.01. The first-order valence-corrected chi connectivity index (χ1v) is 10.0. The SMILES string of the molecule is Cc1ccc(N=C2SCCCN2C(=O)CCNC(=O)c2ccco2)cc1Cl. The molecule has 2 amide bonds. The molecule has 3 rings (SSSR count). The van der Waals surface area contributed by atoms with Gasteiger partial charge in [0.25, 0.3) is 5.91 Å². The molecule has 0 aliphatic carbocycles. The molecular weight excluding hydrogens is 386 g/mol. The standard InChI is InChI=1S/C19H20ClN3O3S/c1-13-5-6-14(12-15(13)20)22-19-23(9-3-11-27-19)17(24)7-8-21-18(25)16-4-2-10-26-16/h2,4-6,10,12H,3,7-9,11H2,1H3,(H,21,25). The predicted molar refractivity (Wildman–Crippen MR) is 108 cm³/mol. The Bertz CT molecular complexity index is 852. The van der Waals surface area contributed by atoms with Gasteiger partial charge in [-0.25, -0.2) is 4.99 Å². The Morgan fingerprint density at radius 2 is 2.22 bits per heavy atom. The molecule has 0 saturated carbocycles. The van der Waals surface area contributed by atoms with Crippen molar-refractivity contribution in [1.29, 1.82) is 0 Å². The summed E-state index contributed by atoms with van der Waals surface area (Å²) in [6, 6.07) is 8.81. The molecule has 1 saturated heterocycles. The van der Waals surface area contributed by atoms with Crippen LogP contribution in [0.25, 0.3) is 0 Å². The highest BCUT2D eigenvalue weighted by Gasteiger charge is 2.23. The van der Waals surface area contributed by atoms with Crippen LogP contribution in [0.3, 0.4) is 0 Å². The molecule has 2 heterocycles. The number of hydrogen-bond donors (Lipinski definition) is 1. The normalized spacial score (nSPS) is 15.8. The number of carbonyl (C=O) groups is 2. The van der Waals surface area contributed by atoms with Crippen LogP contribution in [0.2, 0.25) is 5.02 Å². The number of thioether (sulfide) groups is 1. The summed E-state index contributed by atoms with van der Waals surface area (Å²) in [6.07, 6.45) is 2.54. The first-order valence-electron chi connectivity index (χ1n) is 8.64. The Balaban J connectivity index is 1.62. The van der Waals surface area contributed by atoms with Gasteiger partial charge in [-0.1, -0.05) is 29.4 Å². The lowest BCUT2D eigenvalue weighted by atomic mass is 10.2. The largest absolute Gasteiger partial charge is 0.459 e. The number of amides is 2. The summed E-state index contributed by atoms with van der Waals surface area (Å²) in [7, 11) is 0. The van der Waals surface area contributed by atoms with Gasteiger partial charge in [0, 0.05) is 30.3 Å². The van der Waals surface area contributed by atoms with E-state index in [1.165, 1.54) is 6.26 Å². The number of aryl methyl sites for hydroxylation is 1. The summed E-state index contributed by atoms with van der Waals surface area (Å²) in [5, 5.41) is 4.01. The fourth-order valence-corrected chi connectivity index (χ4v) is 3.71. The molecule has 0 spiro atoms. The zero-order valence-corrected chi connectivity index (χ0v) is 16.5. The molecule has 142 valence electrons. The van der Waals surface area contributed by atoms with E-state index in [0.29, 0.717) is 16.7 Å². The van der Waals surface area contributed by atoms with Gasteiger partial charge in [-0.3, -0.25) is 14.5 Å². The van der Waals surface area contributed by atoms with Crippen LogP contribution in [0.1, 0.15) is 29.0 Å². The number of amidine groups is 1. The van der Waals surface area contributed by atoms with Crippen LogP contribution in [0.15, 0.2) is 46.0 Å². The molecule has 0 radical (unpaired) electrons. The minimum Gasteiger partial charge on any atom is -0.459 e. The number of hydrogen-bond acceptors (Lipinski definition) is 5. The van der Waals surface area contributed by atoms with Crippen LogP contribution in [-0.4, -0.2) is 40.7 Å². The molecule has 0 bridgehead atoms. The van der Waals surface area contributed by atoms with Crippen LogP contribution in [0.5, 0.6) is 0 Å². The van der Waals surface area contributed by atoms with Gasteiger partial charge in [-0.15, -0.1) is 0 Å². The number of nitrogens with zero attached hydrogens (tertiary/aromatic N) is 2. The fraction of sp³-hybridized carbons (Fsp3) is 0.316. The number of halogens is 1. The molecule has 6 nitrogen and oxygen atoms in total. The van der Waals surface area contributed by atoms with Gasteiger partial charge >= 0.3 is 0 Å². The molecule has 1 aliphatic rings. The second kappa shape index (κ2) is 9.10. The molecule has 1 fully saturated rings. The second-order valence-electron chi connectivity index (χ2n) is 6.06. The highest BCUT2D eigenvalue weighted by Crippen LogP contribution is 2.26. The lowest BCUT2D eigenvalue weighted by Crippen LogP contribution is -2.40. The van der Waals surface area contributed by atoms with Gasteiger partial charge in [-0.05, 0) is 43.2 Å². The minimum atomic E-state index is -0.330. The van der Waals surface area contributed by atoms with E-state index in [9.17, 15) is 9.59 Å². The molecule has 2 aromatic rings. The number of furan rings is 1. The lowest BCUT2D eigenvalue weighted by Gasteiger charge is -2.27. The zero-order valence-electron chi connectivity index (χ0n) is 14.9. The summed E-state index contributed by atoms with van der Waals surface area (Å²) >= 11 is 7.72. The summed E-state index contributed by atoms with van der Waals surface area (Å²) in [6.45, 7) is 2.79. The van der Waals surface area contributed by atoms with Gasteiger partial charge in [0.1, 0.15) is 0 Å². The highest BCUT2D eigenvalue weighted by molar-refractivity contribution is 8.13. The van der Waals surface area contributed by atoms with Crippen molar-refractivity contribution in [2.75, 3.05) is 18.8 Å². The van der Waals surface area contributed by atoms with E-state index in [-0.39, 0.29) is 30.5 Å². The minimum absolute atomic E-state index is 0.0705. The highest BCUT2D eigenvalue weighted by atomic mass is 35.5. The molecule has 0 atom stereocenters. The monoisotopic (exact) mass is 405 g/mol. The van der Waals surface area contributed by atoms with E-state index in [4.69, 9.17) is 16.0 Å². The van der Waals surface area contributed by atoms with Crippen molar-refractivity contribution in [3.05, 3.63) is 52.9 Å². The Labute approximate surface area is 167 Å². The maximum Gasteiger partial charge on any atom is 0.286 e. The molecule has 8 heteroatoms. The van der Waals surface area contributed by atoms with E-state index in [1.54, 1.807) is 34.9 Å². The van der Waals surface area contributed by atoms with Crippen LogP contribution >= 0.6 is 23.4 Å². The van der Waals surface area contributed by atoms with Gasteiger partial charge in [-0.2, -0.15) is 0 Å². The second-order valence-corrected chi connectivity index (χ2v) is 7.53. The van der Waals surface area contributed by atoms with Crippen LogP contribution in [-0.2, 0) is 4.79 Å². The maximum absolute atomic E-state index is 12.6. The third-order valence-corrected chi connectivity index (χ3v) is 5.51. The topological polar surface area (TPSA) is 74.9 Å². The number of carbonyl (C=O) groups excluding carboxylic acids is 2. The average molecular weight is 406 g/mol. The Morgan fingerprint density at radius 3 is 2.96 bits per heavy atom.